The van der Waals surface area contributed by atoms with E-state index in [9.17, 15) is 9.59 Å². The molecule has 2 N–H and O–H groups in total. The van der Waals surface area contributed by atoms with Gasteiger partial charge < -0.3 is 10.6 Å². The Bertz CT molecular complexity index is 855. The van der Waals surface area contributed by atoms with Crippen molar-refractivity contribution in [3.8, 4) is 5.69 Å². The summed E-state index contributed by atoms with van der Waals surface area (Å²) in [4.78, 5) is 24.0. The van der Waals surface area contributed by atoms with Gasteiger partial charge in [-0.05, 0) is 32.9 Å². The fraction of sp³-hybridized carbons (Fsp3) is 0.235. The van der Waals surface area contributed by atoms with Crippen LogP contribution < -0.4 is 10.6 Å². The number of rotatable bonds is 3. The molecule has 1 aliphatic rings. The number of hydrogen-bond donors (Lipinski definition) is 2. The molecule has 0 aliphatic carbocycles. The summed E-state index contributed by atoms with van der Waals surface area (Å²) in [6, 6.07) is 8.46. The second-order valence-corrected chi connectivity index (χ2v) is 6.02. The van der Waals surface area contributed by atoms with Gasteiger partial charge in [-0.15, -0.1) is 0 Å². The second-order valence-electron chi connectivity index (χ2n) is 5.66. The summed E-state index contributed by atoms with van der Waals surface area (Å²) in [6.45, 7) is 4.98. The number of nitrogens with one attached hydrogen (secondary N) is 2. The highest BCUT2D eigenvalue weighted by Crippen LogP contribution is 2.35. The Labute approximate surface area is 144 Å². The Hall–Kier alpha value is -2.60. The summed E-state index contributed by atoms with van der Waals surface area (Å²) in [5, 5.41) is 10.3. The van der Waals surface area contributed by atoms with Crippen molar-refractivity contribution in [2.45, 2.75) is 26.8 Å². The number of hydrogen-bond acceptors (Lipinski definition) is 3. The first-order valence-corrected chi connectivity index (χ1v) is 7.87. The Morgan fingerprint density at radius 1 is 1.25 bits per heavy atom. The van der Waals surface area contributed by atoms with E-state index in [2.05, 4.69) is 15.7 Å². The predicted molar refractivity (Wildman–Crippen MR) is 91.1 cm³/mol. The van der Waals surface area contributed by atoms with Crippen LogP contribution in [0.1, 0.15) is 31.1 Å². The van der Waals surface area contributed by atoms with Gasteiger partial charge in [-0.3, -0.25) is 4.79 Å². The van der Waals surface area contributed by atoms with Gasteiger partial charge in [0, 0.05) is 16.8 Å². The number of halogens is 1. The van der Waals surface area contributed by atoms with Crippen molar-refractivity contribution in [2.75, 3.05) is 0 Å². The van der Waals surface area contributed by atoms with Crippen LogP contribution in [0.15, 0.2) is 41.6 Å². The van der Waals surface area contributed by atoms with E-state index in [1.807, 2.05) is 37.3 Å². The number of para-hydroxylation sites is 1. The third-order valence-corrected chi connectivity index (χ3v) is 4.35. The summed E-state index contributed by atoms with van der Waals surface area (Å²) < 4.78 is 1.60. The Balaban J connectivity index is 2.16. The van der Waals surface area contributed by atoms with Crippen molar-refractivity contribution in [1.29, 1.82) is 0 Å². The quantitative estimate of drug-likeness (QED) is 0.898. The van der Waals surface area contributed by atoms with Gasteiger partial charge >= 0.3 is 6.03 Å². The second kappa shape index (κ2) is 6.13. The lowest BCUT2D eigenvalue weighted by Crippen LogP contribution is -2.45. The summed E-state index contributed by atoms with van der Waals surface area (Å²) in [5.74, 6) is -0.132. The number of amides is 2. The van der Waals surface area contributed by atoms with Crippen molar-refractivity contribution in [2.24, 2.45) is 0 Å². The lowest BCUT2D eigenvalue weighted by atomic mass is 9.93. The number of allylic oxidation sites excluding steroid dienone is 1. The van der Waals surface area contributed by atoms with Crippen LogP contribution in [-0.4, -0.2) is 21.6 Å². The standard InChI is InChI=1S/C17H17ClN4O2/c1-9-13(11(3)23)15(20-17(24)19-9)14-10(2)21-22(16(14)18)12-7-5-4-6-8-12/h4-8,15H,1-3H3,(H2,19,20,24). The monoisotopic (exact) mass is 344 g/mol. The summed E-state index contributed by atoms with van der Waals surface area (Å²) in [7, 11) is 0. The molecule has 0 bridgehead atoms. The van der Waals surface area contributed by atoms with Crippen molar-refractivity contribution >= 4 is 23.4 Å². The minimum atomic E-state index is -0.624. The van der Waals surface area contributed by atoms with E-state index in [0.29, 0.717) is 27.7 Å². The molecule has 3 rings (SSSR count). The lowest BCUT2D eigenvalue weighted by molar-refractivity contribution is -0.114. The predicted octanol–water partition coefficient (Wildman–Crippen LogP) is 3.05. The zero-order chi connectivity index (χ0) is 17.4. The SMILES string of the molecule is CC(=O)C1=C(C)NC(=O)NC1c1c(C)nn(-c2ccccc2)c1Cl. The zero-order valence-corrected chi connectivity index (χ0v) is 14.3. The van der Waals surface area contributed by atoms with Crippen molar-refractivity contribution in [1.82, 2.24) is 20.4 Å². The zero-order valence-electron chi connectivity index (χ0n) is 13.6. The Morgan fingerprint density at radius 3 is 2.54 bits per heavy atom. The number of ketones is 1. The van der Waals surface area contributed by atoms with Gasteiger partial charge in [0.25, 0.3) is 0 Å². The van der Waals surface area contributed by atoms with E-state index in [1.165, 1.54) is 6.92 Å². The topological polar surface area (TPSA) is 76.0 Å². The lowest BCUT2D eigenvalue weighted by Gasteiger charge is -2.27. The van der Waals surface area contributed by atoms with Crippen molar-refractivity contribution < 1.29 is 9.59 Å². The molecule has 1 aromatic carbocycles. The van der Waals surface area contributed by atoms with E-state index in [0.717, 1.165) is 5.69 Å². The van der Waals surface area contributed by atoms with Crippen LogP contribution in [0.2, 0.25) is 5.15 Å². The van der Waals surface area contributed by atoms with Gasteiger partial charge in [0.2, 0.25) is 0 Å². The van der Waals surface area contributed by atoms with Gasteiger partial charge in [-0.25, -0.2) is 9.48 Å². The minimum Gasteiger partial charge on any atom is -0.327 e. The number of aryl methyl sites for hydroxylation is 1. The van der Waals surface area contributed by atoms with Gasteiger partial charge in [-0.2, -0.15) is 5.10 Å². The third-order valence-electron chi connectivity index (χ3n) is 3.99. The molecule has 1 atom stereocenters. The number of carbonyl (C=O) groups excluding carboxylic acids is 2. The maximum absolute atomic E-state index is 12.1. The third kappa shape index (κ3) is 2.69. The molecule has 2 heterocycles. The number of benzene rings is 1. The molecule has 1 aromatic heterocycles. The van der Waals surface area contributed by atoms with Crippen LogP contribution >= 0.6 is 11.6 Å². The molecule has 0 saturated carbocycles. The molecule has 1 unspecified atom stereocenters. The van der Waals surface area contributed by atoms with E-state index < -0.39 is 6.04 Å². The molecule has 6 nitrogen and oxygen atoms in total. The van der Waals surface area contributed by atoms with Gasteiger partial charge in [0.1, 0.15) is 5.15 Å². The summed E-state index contributed by atoms with van der Waals surface area (Å²) >= 11 is 6.56. The molecule has 0 radical (unpaired) electrons. The van der Waals surface area contributed by atoms with E-state index in [-0.39, 0.29) is 11.8 Å². The molecule has 7 heteroatoms. The number of aromatic nitrogens is 2. The van der Waals surface area contributed by atoms with Gasteiger partial charge in [0.05, 0.1) is 17.4 Å². The van der Waals surface area contributed by atoms with Crippen molar-refractivity contribution in [3.05, 3.63) is 58.0 Å². The maximum Gasteiger partial charge on any atom is 0.319 e. The van der Waals surface area contributed by atoms with Gasteiger partial charge in [-0.1, -0.05) is 29.8 Å². The molecule has 0 saturated heterocycles. The molecule has 2 aromatic rings. The highest BCUT2D eigenvalue weighted by molar-refractivity contribution is 6.31. The highest BCUT2D eigenvalue weighted by atomic mass is 35.5. The van der Waals surface area contributed by atoms with E-state index >= 15 is 0 Å². The summed E-state index contributed by atoms with van der Waals surface area (Å²) in [5.41, 5.74) is 3.09. The first-order chi connectivity index (χ1) is 11.4. The van der Waals surface area contributed by atoms with Gasteiger partial charge in [0.15, 0.2) is 5.78 Å². The smallest absolute Gasteiger partial charge is 0.319 e. The molecule has 2 amide bonds. The molecule has 1 aliphatic heterocycles. The number of carbonyl (C=O) groups is 2. The number of nitrogens with zero attached hydrogens (tertiary/aromatic N) is 2. The first-order valence-electron chi connectivity index (χ1n) is 7.49. The first kappa shape index (κ1) is 16.3. The van der Waals surface area contributed by atoms with Crippen LogP contribution in [0, 0.1) is 6.92 Å². The van der Waals surface area contributed by atoms with E-state index in [1.54, 1.807) is 11.6 Å². The van der Waals surface area contributed by atoms with Crippen LogP contribution in [0.4, 0.5) is 4.79 Å². The Kier molecular flexibility index (Phi) is 4.15. The fourth-order valence-electron chi connectivity index (χ4n) is 2.96. The number of Topliss-reactive ketones (excluding diaryl/α,β-unsaturated/α-hetero) is 1. The molecule has 0 fully saturated rings. The normalized spacial score (nSPS) is 17.5. The molecule has 24 heavy (non-hydrogen) atoms. The van der Waals surface area contributed by atoms with Crippen LogP contribution in [0.5, 0.6) is 0 Å². The number of urea groups is 1. The average molecular weight is 345 g/mol. The van der Waals surface area contributed by atoms with Crippen LogP contribution in [-0.2, 0) is 4.79 Å². The van der Waals surface area contributed by atoms with Crippen LogP contribution in [0.25, 0.3) is 5.69 Å². The molecule has 124 valence electrons. The fourth-order valence-corrected chi connectivity index (χ4v) is 3.34. The largest absolute Gasteiger partial charge is 0.327 e. The maximum atomic E-state index is 12.1. The van der Waals surface area contributed by atoms with Crippen LogP contribution in [0.3, 0.4) is 0 Å². The molecule has 0 spiro atoms. The molecular formula is C17H17ClN4O2. The minimum absolute atomic E-state index is 0.132. The summed E-state index contributed by atoms with van der Waals surface area (Å²) in [6.07, 6.45) is 0. The van der Waals surface area contributed by atoms with Crippen molar-refractivity contribution in [3.63, 3.8) is 0 Å². The average Bonchev–Trinajstić information content (AvgIpc) is 2.81. The highest BCUT2D eigenvalue weighted by Gasteiger charge is 2.33. The Morgan fingerprint density at radius 2 is 1.92 bits per heavy atom. The molecular weight excluding hydrogens is 328 g/mol. The van der Waals surface area contributed by atoms with E-state index in [4.69, 9.17) is 11.6 Å².